The Morgan fingerprint density at radius 3 is 2.68 bits per heavy atom. The molecule has 0 amide bonds. The maximum Gasteiger partial charge on any atom is 0.151 e. The van der Waals surface area contributed by atoms with Gasteiger partial charge in [-0.1, -0.05) is 11.6 Å². The normalized spacial score (nSPS) is 22.4. The summed E-state index contributed by atoms with van der Waals surface area (Å²) in [4.78, 5) is 13.5. The van der Waals surface area contributed by atoms with Crippen LogP contribution in [-0.2, 0) is 13.1 Å². The van der Waals surface area contributed by atoms with E-state index in [2.05, 4.69) is 41.6 Å². The van der Waals surface area contributed by atoms with E-state index in [0.29, 0.717) is 17.4 Å². The van der Waals surface area contributed by atoms with Crippen molar-refractivity contribution >= 4 is 17.4 Å². The van der Waals surface area contributed by atoms with E-state index in [9.17, 15) is 0 Å². The minimum absolute atomic E-state index is 0.391. The molecule has 7 nitrogen and oxygen atoms in total. The molecule has 158 valence electrons. The van der Waals surface area contributed by atoms with E-state index in [1.165, 1.54) is 24.1 Å². The zero-order valence-electron chi connectivity index (χ0n) is 17.3. The van der Waals surface area contributed by atoms with Crippen LogP contribution >= 0.6 is 11.6 Å². The molecule has 31 heavy (non-hydrogen) atoms. The van der Waals surface area contributed by atoms with E-state index in [1.54, 1.807) is 12.4 Å². The van der Waals surface area contributed by atoms with Crippen molar-refractivity contribution in [3.05, 3.63) is 59.0 Å². The molecule has 0 atom stereocenters. The monoisotopic (exact) mass is 433 g/mol. The van der Waals surface area contributed by atoms with Gasteiger partial charge in [-0.05, 0) is 49.4 Å². The number of hydrogen-bond acceptors (Lipinski definition) is 6. The Labute approximate surface area is 186 Å². The number of hydrogen-bond donors (Lipinski definition) is 0. The summed E-state index contributed by atoms with van der Waals surface area (Å²) in [6, 6.07) is 6.94. The van der Waals surface area contributed by atoms with Crippen LogP contribution < -0.4 is 4.90 Å². The van der Waals surface area contributed by atoms with E-state index < -0.39 is 0 Å². The Morgan fingerprint density at radius 1 is 1.03 bits per heavy atom. The molecule has 2 aromatic heterocycles. The fraction of sp³-hybridized carbons (Fsp3) is 0.478. The van der Waals surface area contributed by atoms with Crippen LogP contribution in [0.4, 0.5) is 5.82 Å². The number of anilines is 1. The van der Waals surface area contributed by atoms with Gasteiger partial charge in [0.1, 0.15) is 11.6 Å². The first-order valence-corrected chi connectivity index (χ1v) is 11.5. The minimum Gasteiger partial charge on any atom is -0.354 e. The molecule has 1 saturated heterocycles. The van der Waals surface area contributed by atoms with Crippen molar-refractivity contribution in [2.75, 3.05) is 18.0 Å². The lowest BCUT2D eigenvalue weighted by Crippen LogP contribution is -2.62. The molecule has 2 saturated carbocycles. The predicted octanol–water partition coefficient (Wildman–Crippen LogP) is 3.57. The lowest BCUT2D eigenvalue weighted by molar-refractivity contribution is 0.0581. The number of nitrogens with zero attached hydrogens (tertiary/aromatic N) is 7. The summed E-state index contributed by atoms with van der Waals surface area (Å²) < 4.78 is 2.34. The van der Waals surface area contributed by atoms with Crippen LogP contribution in [-0.4, -0.2) is 48.8 Å². The second-order valence-corrected chi connectivity index (χ2v) is 10.2. The van der Waals surface area contributed by atoms with E-state index >= 15 is 0 Å². The van der Waals surface area contributed by atoms with Gasteiger partial charge < -0.3 is 4.90 Å². The van der Waals surface area contributed by atoms with Gasteiger partial charge in [0.2, 0.25) is 0 Å². The van der Waals surface area contributed by atoms with E-state index in [1.807, 2.05) is 12.3 Å². The summed E-state index contributed by atoms with van der Waals surface area (Å²) in [6.07, 6.45) is 10.2. The number of benzene rings is 1. The van der Waals surface area contributed by atoms with E-state index in [-0.39, 0.29) is 0 Å². The third-order valence-corrected chi connectivity index (χ3v) is 7.70. The van der Waals surface area contributed by atoms with Crippen LogP contribution in [0.1, 0.15) is 48.8 Å². The lowest BCUT2D eigenvalue weighted by atomic mass is 9.57. The Morgan fingerprint density at radius 2 is 1.90 bits per heavy atom. The molecule has 8 heteroatoms. The highest BCUT2D eigenvalue weighted by atomic mass is 35.5. The summed E-state index contributed by atoms with van der Waals surface area (Å²) in [6.45, 7) is 3.92. The van der Waals surface area contributed by atoms with Gasteiger partial charge in [0.15, 0.2) is 5.82 Å². The maximum atomic E-state index is 6.37. The van der Waals surface area contributed by atoms with E-state index in [4.69, 9.17) is 16.7 Å². The molecule has 4 aliphatic rings. The van der Waals surface area contributed by atoms with Crippen molar-refractivity contribution in [2.45, 2.75) is 50.7 Å². The van der Waals surface area contributed by atoms with Crippen LogP contribution in [0, 0.1) is 5.41 Å². The highest BCUT2D eigenvalue weighted by Gasteiger charge is 2.54. The van der Waals surface area contributed by atoms with E-state index in [0.717, 1.165) is 61.5 Å². The fourth-order valence-electron chi connectivity index (χ4n) is 5.82. The number of fused-ring (bicyclic) bond motifs is 3. The van der Waals surface area contributed by atoms with Crippen LogP contribution in [0.5, 0.6) is 0 Å². The standard InChI is InChI=1S/C23H24ClN7/c24-17-1-4-19-15(7-17)11-29(18-2-3-18)12-21-27-28-22(31(19)21)16-8-23(9-16)13-30(14-23)20-10-25-5-6-26-20/h1,4-7,10,16,18H,2-3,8-9,11-14H2. The molecule has 0 radical (unpaired) electrons. The molecule has 0 N–H and O–H groups in total. The fourth-order valence-corrected chi connectivity index (χ4v) is 6.01. The molecular formula is C23H24ClN7. The van der Waals surface area contributed by atoms with Crippen molar-refractivity contribution < 1.29 is 0 Å². The molecule has 0 unspecified atom stereocenters. The average Bonchev–Trinajstić information content (AvgIpc) is 3.50. The van der Waals surface area contributed by atoms with Gasteiger partial charge in [-0.25, -0.2) is 4.98 Å². The van der Waals surface area contributed by atoms with Gasteiger partial charge in [0.05, 0.1) is 18.4 Å². The van der Waals surface area contributed by atoms with Gasteiger partial charge in [-0.2, -0.15) is 0 Å². The Balaban J connectivity index is 1.16. The minimum atomic E-state index is 0.391. The predicted molar refractivity (Wildman–Crippen MR) is 117 cm³/mol. The summed E-state index contributed by atoms with van der Waals surface area (Å²) in [5, 5.41) is 10.2. The average molecular weight is 434 g/mol. The van der Waals surface area contributed by atoms with Crippen molar-refractivity contribution in [1.82, 2.24) is 29.6 Å². The topological polar surface area (TPSA) is 63.0 Å². The maximum absolute atomic E-state index is 6.37. The molecular weight excluding hydrogens is 410 g/mol. The van der Waals surface area contributed by atoms with Gasteiger partial charge in [0, 0.05) is 54.4 Å². The van der Waals surface area contributed by atoms with Crippen molar-refractivity contribution in [3.8, 4) is 5.69 Å². The largest absolute Gasteiger partial charge is 0.354 e. The van der Waals surface area contributed by atoms with Crippen LogP contribution in [0.2, 0.25) is 5.02 Å². The van der Waals surface area contributed by atoms with Crippen molar-refractivity contribution in [1.29, 1.82) is 0 Å². The summed E-state index contributed by atoms with van der Waals surface area (Å²) in [7, 11) is 0. The number of aromatic nitrogens is 5. The zero-order valence-corrected chi connectivity index (χ0v) is 18.0. The summed E-state index contributed by atoms with van der Waals surface area (Å²) in [5.74, 6) is 3.64. The summed E-state index contributed by atoms with van der Waals surface area (Å²) >= 11 is 6.37. The first-order chi connectivity index (χ1) is 15.2. The Kier molecular flexibility index (Phi) is 3.79. The third-order valence-electron chi connectivity index (χ3n) is 7.47. The molecule has 4 heterocycles. The van der Waals surface area contributed by atoms with Crippen LogP contribution in [0.3, 0.4) is 0 Å². The third kappa shape index (κ3) is 2.90. The highest BCUT2D eigenvalue weighted by molar-refractivity contribution is 6.30. The molecule has 2 aliphatic carbocycles. The molecule has 1 aromatic carbocycles. The van der Waals surface area contributed by atoms with Gasteiger partial charge in [0.25, 0.3) is 0 Å². The quantitative estimate of drug-likeness (QED) is 0.629. The molecule has 0 bridgehead atoms. The second-order valence-electron chi connectivity index (χ2n) is 9.74. The van der Waals surface area contributed by atoms with Crippen molar-refractivity contribution in [3.63, 3.8) is 0 Å². The Bertz CT molecular complexity index is 1140. The first kappa shape index (κ1) is 18.1. The lowest BCUT2D eigenvalue weighted by Gasteiger charge is -2.59. The molecule has 3 fully saturated rings. The number of halogens is 1. The highest BCUT2D eigenvalue weighted by Crippen LogP contribution is 2.56. The first-order valence-electron chi connectivity index (χ1n) is 11.2. The zero-order chi connectivity index (χ0) is 20.6. The second kappa shape index (κ2) is 6.50. The van der Waals surface area contributed by atoms with Gasteiger partial charge in [-0.15, -0.1) is 10.2 Å². The SMILES string of the molecule is Clc1ccc2c(c1)CN(C1CC1)Cc1nnc(C3CC4(C3)CN(c3cnccn3)C4)n1-2. The molecule has 2 aliphatic heterocycles. The Hall–Kier alpha value is -2.51. The summed E-state index contributed by atoms with van der Waals surface area (Å²) in [5.41, 5.74) is 2.88. The van der Waals surface area contributed by atoms with Gasteiger partial charge >= 0.3 is 0 Å². The van der Waals surface area contributed by atoms with Crippen LogP contribution in [0.15, 0.2) is 36.8 Å². The van der Waals surface area contributed by atoms with Crippen LogP contribution in [0.25, 0.3) is 5.69 Å². The van der Waals surface area contributed by atoms with Gasteiger partial charge in [-0.3, -0.25) is 14.5 Å². The number of rotatable bonds is 3. The molecule has 7 rings (SSSR count). The smallest absolute Gasteiger partial charge is 0.151 e. The molecule has 1 spiro atoms. The van der Waals surface area contributed by atoms with Crippen molar-refractivity contribution in [2.24, 2.45) is 5.41 Å². The molecule has 3 aromatic rings.